The number of anilines is 1. The molecule has 0 unspecified atom stereocenters. The van der Waals surface area contributed by atoms with E-state index in [0.29, 0.717) is 4.91 Å². The van der Waals surface area contributed by atoms with Crippen LogP contribution in [0.5, 0.6) is 0 Å². The van der Waals surface area contributed by atoms with Crippen molar-refractivity contribution in [3.05, 3.63) is 100 Å². The van der Waals surface area contributed by atoms with Gasteiger partial charge < -0.3 is 5.32 Å². The molecule has 1 aliphatic rings. The predicted octanol–water partition coefficient (Wildman–Crippen LogP) is 5.35. The molecule has 0 spiro atoms. The average Bonchev–Trinajstić information content (AvgIpc) is 2.78. The van der Waals surface area contributed by atoms with Gasteiger partial charge in [-0.05, 0) is 43.2 Å². The second kappa shape index (κ2) is 9.23. The summed E-state index contributed by atoms with van der Waals surface area (Å²) in [5.41, 5.74) is 3.92. The highest BCUT2D eigenvalue weighted by Crippen LogP contribution is 2.41. The first-order chi connectivity index (χ1) is 15.0. The predicted molar refractivity (Wildman–Crippen MR) is 127 cm³/mol. The quantitative estimate of drug-likeness (QED) is 0.557. The summed E-state index contributed by atoms with van der Waals surface area (Å²) in [7, 11) is 0. The molecule has 1 atom stereocenters. The fourth-order valence-corrected chi connectivity index (χ4v) is 4.55. The molecule has 3 aromatic carbocycles. The van der Waals surface area contributed by atoms with Gasteiger partial charge in [-0.2, -0.15) is 0 Å². The highest BCUT2D eigenvalue weighted by Gasteiger charge is 2.30. The first kappa shape index (κ1) is 20.9. The van der Waals surface area contributed by atoms with Crippen LogP contribution in [-0.4, -0.2) is 18.4 Å². The van der Waals surface area contributed by atoms with Gasteiger partial charge in [0.1, 0.15) is 6.54 Å². The third kappa shape index (κ3) is 4.89. The van der Waals surface area contributed by atoms with E-state index >= 15 is 0 Å². The van der Waals surface area contributed by atoms with Crippen LogP contribution in [0.2, 0.25) is 0 Å². The summed E-state index contributed by atoms with van der Waals surface area (Å²) < 4.78 is 0. The standard InChI is InChI=1S/C26H24N2O2S/c1-18-12-14-20(15-13-18)16-24-26(30)28(22-10-6-7-11-23(22)31-24)17-25(29)27-19(2)21-8-4-3-5-9-21/h3-16,19H,17H2,1-2H3,(H,27,29)/b24-16+/t19-/m0/s1. The Morgan fingerprint density at radius 1 is 1.00 bits per heavy atom. The van der Waals surface area contributed by atoms with E-state index in [1.165, 1.54) is 17.3 Å². The average molecular weight is 429 g/mol. The Bertz CT molecular complexity index is 1120. The summed E-state index contributed by atoms with van der Waals surface area (Å²) in [4.78, 5) is 29.3. The Morgan fingerprint density at radius 3 is 2.42 bits per heavy atom. The fraction of sp³-hybridized carbons (Fsp3) is 0.154. The number of para-hydroxylation sites is 1. The number of hydrogen-bond acceptors (Lipinski definition) is 3. The van der Waals surface area contributed by atoms with Crippen molar-refractivity contribution in [2.24, 2.45) is 0 Å². The molecule has 4 rings (SSSR count). The van der Waals surface area contributed by atoms with E-state index in [1.807, 2.05) is 98.8 Å². The van der Waals surface area contributed by atoms with Crippen molar-refractivity contribution in [2.75, 3.05) is 11.4 Å². The van der Waals surface area contributed by atoms with Crippen LogP contribution >= 0.6 is 11.8 Å². The minimum atomic E-state index is -0.193. The van der Waals surface area contributed by atoms with Gasteiger partial charge in [0, 0.05) is 4.90 Å². The Kier molecular flexibility index (Phi) is 6.23. The zero-order chi connectivity index (χ0) is 21.8. The number of hydrogen-bond donors (Lipinski definition) is 1. The van der Waals surface area contributed by atoms with Crippen LogP contribution in [0, 0.1) is 6.92 Å². The van der Waals surface area contributed by atoms with Crippen molar-refractivity contribution in [1.29, 1.82) is 0 Å². The van der Waals surface area contributed by atoms with Crippen molar-refractivity contribution < 1.29 is 9.59 Å². The lowest BCUT2D eigenvalue weighted by atomic mass is 10.1. The molecule has 0 aliphatic carbocycles. The number of carbonyl (C=O) groups is 2. The molecule has 1 N–H and O–H groups in total. The van der Waals surface area contributed by atoms with E-state index in [9.17, 15) is 9.59 Å². The van der Waals surface area contributed by atoms with Gasteiger partial charge in [-0.15, -0.1) is 0 Å². The lowest BCUT2D eigenvalue weighted by Gasteiger charge is -2.30. The minimum Gasteiger partial charge on any atom is -0.348 e. The topological polar surface area (TPSA) is 49.4 Å². The van der Waals surface area contributed by atoms with Gasteiger partial charge in [0.05, 0.1) is 16.6 Å². The maximum Gasteiger partial charge on any atom is 0.265 e. The Labute approximate surface area is 187 Å². The van der Waals surface area contributed by atoms with Gasteiger partial charge in [0.25, 0.3) is 5.91 Å². The number of thioether (sulfide) groups is 1. The molecule has 0 bridgehead atoms. The highest BCUT2D eigenvalue weighted by atomic mass is 32.2. The number of fused-ring (bicyclic) bond motifs is 1. The number of rotatable bonds is 5. The van der Waals surface area contributed by atoms with E-state index in [2.05, 4.69) is 5.32 Å². The minimum absolute atomic E-state index is 0.0290. The fourth-order valence-electron chi connectivity index (χ4n) is 3.49. The van der Waals surface area contributed by atoms with E-state index < -0.39 is 0 Å². The van der Waals surface area contributed by atoms with Crippen LogP contribution in [0.3, 0.4) is 0 Å². The lowest BCUT2D eigenvalue weighted by molar-refractivity contribution is -0.122. The summed E-state index contributed by atoms with van der Waals surface area (Å²) in [6, 6.07) is 25.4. The molecule has 0 fully saturated rings. The van der Waals surface area contributed by atoms with E-state index in [-0.39, 0.29) is 24.4 Å². The monoisotopic (exact) mass is 428 g/mol. The molecule has 1 aliphatic heterocycles. The summed E-state index contributed by atoms with van der Waals surface area (Å²) in [5.74, 6) is -0.354. The third-order valence-electron chi connectivity index (χ3n) is 5.19. The molecule has 5 heteroatoms. The molecular weight excluding hydrogens is 404 g/mol. The van der Waals surface area contributed by atoms with Crippen molar-refractivity contribution in [3.8, 4) is 0 Å². The van der Waals surface area contributed by atoms with Crippen molar-refractivity contribution in [3.63, 3.8) is 0 Å². The molecule has 0 saturated heterocycles. The molecule has 4 nitrogen and oxygen atoms in total. The smallest absolute Gasteiger partial charge is 0.265 e. The SMILES string of the molecule is Cc1ccc(/C=C2/Sc3ccccc3N(CC(=O)N[C@@H](C)c3ccccc3)C2=O)cc1. The first-order valence-electron chi connectivity index (χ1n) is 10.2. The van der Waals surface area contributed by atoms with Crippen LogP contribution < -0.4 is 10.2 Å². The van der Waals surface area contributed by atoms with E-state index in [0.717, 1.165) is 21.7 Å². The number of nitrogens with zero attached hydrogens (tertiary/aromatic N) is 1. The van der Waals surface area contributed by atoms with E-state index in [1.54, 1.807) is 4.90 Å². The van der Waals surface area contributed by atoms with Crippen LogP contribution in [0.4, 0.5) is 5.69 Å². The maximum absolute atomic E-state index is 13.3. The molecule has 3 aromatic rings. The summed E-state index contributed by atoms with van der Waals surface area (Å²) >= 11 is 1.44. The van der Waals surface area contributed by atoms with Crippen molar-refractivity contribution in [1.82, 2.24) is 5.32 Å². The van der Waals surface area contributed by atoms with Gasteiger partial charge in [-0.3, -0.25) is 14.5 Å². The summed E-state index contributed by atoms with van der Waals surface area (Å²) in [6.07, 6.45) is 1.89. The number of carbonyl (C=O) groups excluding carboxylic acids is 2. The van der Waals surface area contributed by atoms with Crippen LogP contribution in [0.15, 0.2) is 88.7 Å². The largest absolute Gasteiger partial charge is 0.348 e. The van der Waals surface area contributed by atoms with Crippen molar-refractivity contribution in [2.45, 2.75) is 24.8 Å². The number of benzene rings is 3. The molecule has 156 valence electrons. The highest BCUT2D eigenvalue weighted by molar-refractivity contribution is 8.04. The Morgan fingerprint density at radius 2 is 1.68 bits per heavy atom. The van der Waals surface area contributed by atoms with Crippen LogP contribution in [0.25, 0.3) is 6.08 Å². The first-order valence-corrected chi connectivity index (χ1v) is 11.0. The third-order valence-corrected chi connectivity index (χ3v) is 6.26. The van der Waals surface area contributed by atoms with Gasteiger partial charge in [-0.1, -0.05) is 84.1 Å². The summed E-state index contributed by atoms with van der Waals surface area (Å²) in [6.45, 7) is 3.95. The molecule has 1 heterocycles. The van der Waals surface area contributed by atoms with E-state index in [4.69, 9.17) is 0 Å². The van der Waals surface area contributed by atoms with Gasteiger partial charge in [0.2, 0.25) is 5.91 Å². The molecule has 0 radical (unpaired) electrons. The van der Waals surface area contributed by atoms with Gasteiger partial charge >= 0.3 is 0 Å². The normalized spacial score (nSPS) is 15.5. The zero-order valence-corrected chi connectivity index (χ0v) is 18.4. The van der Waals surface area contributed by atoms with Crippen LogP contribution in [-0.2, 0) is 9.59 Å². The Hall–Kier alpha value is -3.31. The lowest BCUT2D eigenvalue weighted by Crippen LogP contribution is -2.43. The second-order valence-corrected chi connectivity index (χ2v) is 8.66. The van der Waals surface area contributed by atoms with Gasteiger partial charge in [-0.25, -0.2) is 0 Å². The maximum atomic E-state index is 13.3. The number of nitrogens with one attached hydrogen (secondary N) is 1. The second-order valence-electron chi connectivity index (χ2n) is 7.58. The molecule has 31 heavy (non-hydrogen) atoms. The van der Waals surface area contributed by atoms with Crippen LogP contribution in [0.1, 0.15) is 29.7 Å². The molecule has 0 saturated carbocycles. The zero-order valence-electron chi connectivity index (χ0n) is 17.5. The number of aryl methyl sites for hydroxylation is 1. The summed E-state index contributed by atoms with van der Waals surface area (Å²) in [5, 5.41) is 3.01. The molecular formula is C26H24N2O2S. The van der Waals surface area contributed by atoms with Gasteiger partial charge in [0.15, 0.2) is 0 Å². The molecule has 2 amide bonds. The van der Waals surface area contributed by atoms with Crippen molar-refractivity contribution >= 4 is 35.3 Å². The Balaban J connectivity index is 1.57. The number of amides is 2. The molecule has 0 aromatic heterocycles.